The first-order valence-corrected chi connectivity index (χ1v) is 45.7. The number of carboxylic acids is 1. The van der Waals surface area contributed by atoms with Gasteiger partial charge in [-0.1, -0.05) is 346 Å². The Labute approximate surface area is 676 Å². The Balaban J connectivity index is 1.42. The van der Waals surface area contributed by atoms with Gasteiger partial charge in [-0.25, -0.2) is 4.79 Å². The molecule has 0 aliphatic carbocycles. The summed E-state index contributed by atoms with van der Waals surface area (Å²) in [5.74, 6) is -6.13. The van der Waals surface area contributed by atoms with Gasteiger partial charge in [-0.15, -0.1) is 0 Å². The number of carboxylic acid groups (broad SMARTS) is 1. The minimum Gasteiger partial charge on any atom is -0.477 e. The molecule has 3 fully saturated rings. The van der Waals surface area contributed by atoms with Crippen molar-refractivity contribution >= 4 is 17.8 Å². The number of ether oxygens (including phenoxy) is 6. The average Bonchev–Trinajstić information content (AvgIpc) is 0.754. The molecule has 2 amide bonds. The minimum absolute atomic E-state index is 0.204. The van der Waals surface area contributed by atoms with Crippen LogP contribution >= 0.6 is 0 Å². The standard InChI is InChI=1S/C89H166N2O21/c1-4-6-8-10-12-14-16-18-20-22-24-26-27-28-29-30-31-32-33-34-35-36-37-38-39-40-41-43-45-47-49-51-53-55-57-59-61-63-76(99)91-70(71(96)62-60-58-56-54-52-50-48-46-44-42-25-23-21-19-17-15-13-11-9-7-5-2)68-107-86-81(103)80(102)83(75(67-94)109-86)110-87-82(104)85(79(101)74(66-93)108-87)112-89(88(105)106)64-72(97)77(90-69(3)95)84(111-89)78(100)73(98)65-92/h32-33,60,62,70-75,77-87,92-94,96-98,100-104H,4-31,34-59,61,63-68H2,1-3H3,(H,90,95)(H,91,99)(H,105,106)/b33-32-,62-60+. The molecule has 112 heavy (non-hydrogen) atoms. The molecule has 0 bridgehead atoms. The number of allylic oxidation sites excluding steroid dienone is 3. The smallest absolute Gasteiger partial charge is 0.364 e. The van der Waals surface area contributed by atoms with Crippen molar-refractivity contribution in [3.8, 4) is 0 Å². The number of unbranched alkanes of at least 4 members (excludes halogenated alkanes) is 52. The van der Waals surface area contributed by atoms with Crippen LogP contribution in [0.3, 0.4) is 0 Å². The van der Waals surface area contributed by atoms with Crippen LogP contribution in [0.1, 0.15) is 387 Å². The van der Waals surface area contributed by atoms with E-state index >= 15 is 0 Å². The zero-order valence-corrected chi connectivity index (χ0v) is 70.3. The second-order valence-corrected chi connectivity index (χ2v) is 33.2. The second-order valence-electron chi connectivity index (χ2n) is 33.2. The van der Waals surface area contributed by atoms with Crippen molar-refractivity contribution in [2.75, 3.05) is 26.4 Å². The molecule has 0 aromatic heterocycles. The van der Waals surface area contributed by atoms with Gasteiger partial charge in [0.2, 0.25) is 11.8 Å². The number of hydrogen-bond donors (Lipinski definition) is 14. The summed E-state index contributed by atoms with van der Waals surface area (Å²) >= 11 is 0. The number of hydrogen-bond acceptors (Lipinski definition) is 20. The first-order valence-electron chi connectivity index (χ1n) is 45.7. The number of aliphatic carboxylic acids is 1. The van der Waals surface area contributed by atoms with Crippen LogP contribution in [0.5, 0.6) is 0 Å². The van der Waals surface area contributed by atoms with Crippen LogP contribution in [0.2, 0.25) is 0 Å². The van der Waals surface area contributed by atoms with Gasteiger partial charge in [0, 0.05) is 19.8 Å². The predicted molar refractivity (Wildman–Crippen MR) is 440 cm³/mol. The molecule has 18 unspecified atom stereocenters. The zero-order chi connectivity index (χ0) is 81.7. The van der Waals surface area contributed by atoms with E-state index in [2.05, 4.69) is 36.6 Å². The molecule has 23 heteroatoms. The number of carbonyl (C=O) groups is 3. The number of aliphatic hydroxyl groups is 11. The summed E-state index contributed by atoms with van der Waals surface area (Å²) in [6, 6.07) is -2.62. The van der Waals surface area contributed by atoms with Gasteiger partial charge < -0.3 is 100 Å². The molecule has 3 rings (SSSR count). The number of rotatable bonds is 74. The quantitative estimate of drug-likeness (QED) is 0.0199. The third-order valence-corrected chi connectivity index (χ3v) is 23.1. The molecule has 3 heterocycles. The molecule has 0 spiro atoms. The van der Waals surface area contributed by atoms with Crippen LogP contribution in [0.15, 0.2) is 24.3 Å². The third-order valence-electron chi connectivity index (χ3n) is 23.1. The summed E-state index contributed by atoms with van der Waals surface area (Å²) in [5.41, 5.74) is 0. The maximum absolute atomic E-state index is 13.6. The van der Waals surface area contributed by atoms with Gasteiger partial charge in [0.15, 0.2) is 12.6 Å². The highest BCUT2D eigenvalue weighted by atomic mass is 16.8. The summed E-state index contributed by atoms with van der Waals surface area (Å²) in [6.45, 7) is 2.21. The van der Waals surface area contributed by atoms with Crippen LogP contribution in [-0.2, 0) is 42.8 Å². The summed E-state index contributed by atoms with van der Waals surface area (Å²) in [6.07, 6.45) is 49.5. The van der Waals surface area contributed by atoms with E-state index in [0.717, 1.165) is 51.9 Å². The number of carbonyl (C=O) groups excluding carboxylic acids is 2. The van der Waals surface area contributed by atoms with E-state index in [4.69, 9.17) is 28.4 Å². The van der Waals surface area contributed by atoms with Crippen LogP contribution in [0.4, 0.5) is 0 Å². The highest BCUT2D eigenvalue weighted by Gasteiger charge is 2.60. The maximum atomic E-state index is 13.6. The Morgan fingerprint density at radius 1 is 0.464 bits per heavy atom. The van der Waals surface area contributed by atoms with E-state index in [1.54, 1.807) is 6.08 Å². The SMILES string of the molecule is CCCCCCCCCCCCCCCCCC/C=C\CCCCCCCCCCCCCCCCCCCC(=O)NC(COC1OC(CO)C(OC2OC(CO)C(O)C(OC3(C(=O)O)CC(O)C(NC(C)=O)C(C(O)C(O)CO)O3)C2O)C(O)C1O)C(O)/C=C/CCCCCCCCCCCCCCCCCCCCC. The van der Waals surface area contributed by atoms with Crippen LogP contribution in [-0.4, -0.2) is 215 Å². The van der Waals surface area contributed by atoms with Gasteiger partial charge in [-0.3, -0.25) is 9.59 Å². The Bertz CT molecular complexity index is 2310. The first-order chi connectivity index (χ1) is 54.4. The molecule has 18 atom stereocenters. The van der Waals surface area contributed by atoms with Crippen molar-refractivity contribution in [3.63, 3.8) is 0 Å². The summed E-state index contributed by atoms with van der Waals surface area (Å²) in [5, 5.41) is 137. The highest BCUT2D eigenvalue weighted by Crippen LogP contribution is 2.39. The molecule has 0 radical (unpaired) electrons. The third kappa shape index (κ3) is 45.4. The number of nitrogens with one attached hydrogen (secondary N) is 2. The Morgan fingerprint density at radius 3 is 1.21 bits per heavy atom. The van der Waals surface area contributed by atoms with Crippen molar-refractivity contribution in [1.29, 1.82) is 0 Å². The lowest BCUT2D eigenvalue weighted by atomic mass is 9.88. The topological polar surface area (TPSA) is 373 Å². The molecule has 0 saturated carbocycles. The molecule has 0 aromatic rings. The molecule has 23 nitrogen and oxygen atoms in total. The largest absolute Gasteiger partial charge is 0.477 e. The van der Waals surface area contributed by atoms with Gasteiger partial charge in [0.05, 0.1) is 50.7 Å². The van der Waals surface area contributed by atoms with E-state index in [1.807, 2.05) is 6.08 Å². The van der Waals surface area contributed by atoms with Gasteiger partial charge >= 0.3 is 5.97 Å². The fourth-order valence-electron chi connectivity index (χ4n) is 15.9. The Hall–Kier alpha value is -2.79. The van der Waals surface area contributed by atoms with E-state index in [1.165, 1.54) is 295 Å². The van der Waals surface area contributed by atoms with E-state index in [9.17, 15) is 75.7 Å². The predicted octanol–water partition coefficient (Wildman–Crippen LogP) is 14.6. The number of aliphatic hydroxyl groups excluding tert-OH is 11. The zero-order valence-electron chi connectivity index (χ0n) is 70.3. The Morgan fingerprint density at radius 2 is 0.839 bits per heavy atom. The summed E-state index contributed by atoms with van der Waals surface area (Å²) in [4.78, 5) is 38.8. The summed E-state index contributed by atoms with van der Waals surface area (Å²) in [7, 11) is 0. The van der Waals surface area contributed by atoms with E-state index < -0.39 is 155 Å². The van der Waals surface area contributed by atoms with E-state index in [0.29, 0.717) is 12.8 Å². The van der Waals surface area contributed by atoms with E-state index in [-0.39, 0.29) is 12.3 Å². The molecule has 3 aliphatic rings. The van der Waals surface area contributed by atoms with Gasteiger partial charge in [-0.2, -0.15) is 0 Å². The van der Waals surface area contributed by atoms with Crippen molar-refractivity contribution in [2.45, 2.75) is 497 Å². The average molecular weight is 1600 g/mol. The molecule has 3 saturated heterocycles. The fourth-order valence-corrected chi connectivity index (χ4v) is 15.9. The summed E-state index contributed by atoms with van der Waals surface area (Å²) < 4.78 is 35.0. The van der Waals surface area contributed by atoms with Crippen LogP contribution in [0, 0.1) is 0 Å². The molecular weight excluding hydrogens is 1430 g/mol. The minimum atomic E-state index is -3.08. The van der Waals surface area contributed by atoms with Crippen molar-refractivity contribution in [1.82, 2.24) is 10.6 Å². The van der Waals surface area contributed by atoms with Crippen molar-refractivity contribution < 1.29 is 104 Å². The van der Waals surface area contributed by atoms with Gasteiger partial charge in [-0.05, 0) is 44.9 Å². The fraction of sp³-hybridized carbons (Fsp3) is 0.921. The normalized spacial score (nSPS) is 25.4. The number of amides is 2. The van der Waals surface area contributed by atoms with Gasteiger partial charge in [0.1, 0.15) is 67.1 Å². The molecule has 658 valence electrons. The second kappa shape index (κ2) is 67.0. The molecule has 3 aliphatic heterocycles. The monoisotopic (exact) mass is 1600 g/mol. The van der Waals surface area contributed by atoms with Crippen LogP contribution < -0.4 is 10.6 Å². The van der Waals surface area contributed by atoms with Crippen LogP contribution in [0.25, 0.3) is 0 Å². The lowest BCUT2D eigenvalue weighted by molar-refractivity contribution is -0.386. The molecule has 14 N–H and O–H groups in total. The molecular formula is C89H166N2O21. The maximum Gasteiger partial charge on any atom is 0.364 e. The van der Waals surface area contributed by atoms with Crippen molar-refractivity contribution in [3.05, 3.63) is 24.3 Å². The van der Waals surface area contributed by atoms with Crippen molar-refractivity contribution in [2.24, 2.45) is 0 Å². The van der Waals surface area contributed by atoms with Gasteiger partial charge in [0.25, 0.3) is 5.79 Å². The highest BCUT2D eigenvalue weighted by molar-refractivity contribution is 5.77. The Kier molecular flexibility index (Phi) is 61.9. The first kappa shape index (κ1) is 103. The molecule has 0 aromatic carbocycles. The lowest BCUT2D eigenvalue weighted by Gasteiger charge is -2.50. The lowest BCUT2D eigenvalue weighted by Crippen LogP contribution is -2.70.